The van der Waals surface area contributed by atoms with Gasteiger partial charge in [-0.3, -0.25) is 14.5 Å². The molecule has 1 saturated heterocycles. The van der Waals surface area contributed by atoms with Crippen LogP contribution in [0.4, 0.5) is 0 Å². The van der Waals surface area contributed by atoms with Crippen molar-refractivity contribution in [3.05, 3.63) is 94.4 Å². The molecule has 38 heavy (non-hydrogen) atoms. The van der Waals surface area contributed by atoms with Crippen molar-refractivity contribution >= 4 is 56.1 Å². The van der Waals surface area contributed by atoms with Gasteiger partial charge in [-0.25, -0.2) is 8.42 Å². The fourth-order valence-electron chi connectivity index (χ4n) is 3.50. The van der Waals surface area contributed by atoms with Gasteiger partial charge in [0.25, 0.3) is 5.91 Å². The van der Waals surface area contributed by atoms with E-state index in [1.807, 2.05) is 30.3 Å². The van der Waals surface area contributed by atoms with Crippen LogP contribution in [0.5, 0.6) is 11.5 Å². The van der Waals surface area contributed by atoms with Crippen molar-refractivity contribution in [1.82, 2.24) is 4.90 Å². The van der Waals surface area contributed by atoms with Gasteiger partial charge in [0.15, 0.2) is 21.3 Å². The number of hydrogen-bond donors (Lipinski definition) is 1. The Kier molecular flexibility index (Phi) is 8.50. The molecule has 0 unspecified atom stereocenters. The Hall–Kier alpha value is -3.67. The molecule has 3 aromatic rings. The topological polar surface area (TPSA) is 110 Å². The summed E-state index contributed by atoms with van der Waals surface area (Å²) in [6.07, 6.45) is 2.77. The second-order valence-corrected chi connectivity index (χ2v) is 12.0. The SMILES string of the molecule is CS(=O)(=O)c1ccc(COc2cc(C=C3SC(=S)N(CC(=O)O)C3=O)ccc2OCc2ccccc2)cc1. The van der Waals surface area contributed by atoms with Gasteiger partial charge in [0.1, 0.15) is 24.1 Å². The third-order valence-corrected chi connectivity index (χ3v) is 7.92. The highest BCUT2D eigenvalue weighted by atomic mass is 32.2. The number of hydrogen-bond acceptors (Lipinski definition) is 8. The number of amides is 1. The van der Waals surface area contributed by atoms with E-state index in [2.05, 4.69) is 0 Å². The predicted octanol–water partition coefficient (Wildman–Crippen LogP) is 4.53. The van der Waals surface area contributed by atoms with E-state index in [9.17, 15) is 18.0 Å². The van der Waals surface area contributed by atoms with Gasteiger partial charge in [-0.15, -0.1) is 0 Å². The van der Waals surface area contributed by atoms with Crippen LogP contribution in [0.15, 0.2) is 82.6 Å². The first kappa shape index (κ1) is 27.4. The van der Waals surface area contributed by atoms with Gasteiger partial charge in [-0.05, 0) is 47.0 Å². The normalized spacial score (nSPS) is 14.7. The molecule has 11 heteroatoms. The Bertz CT molecular complexity index is 1500. The molecular weight excluding hydrogens is 546 g/mol. The van der Waals surface area contributed by atoms with Crippen molar-refractivity contribution in [3.63, 3.8) is 0 Å². The van der Waals surface area contributed by atoms with Crippen molar-refractivity contribution < 1.29 is 32.6 Å². The second kappa shape index (κ2) is 11.8. The Balaban J connectivity index is 1.57. The highest BCUT2D eigenvalue weighted by molar-refractivity contribution is 8.26. The van der Waals surface area contributed by atoms with Gasteiger partial charge in [0.05, 0.1) is 9.80 Å². The number of benzene rings is 3. The summed E-state index contributed by atoms with van der Waals surface area (Å²) in [5, 5.41) is 9.05. The molecule has 0 saturated carbocycles. The fourth-order valence-corrected chi connectivity index (χ4v) is 5.38. The number of carbonyl (C=O) groups excluding carboxylic acids is 1. The van der Waals surface area contributed by atoms with Gasteiger partial charge in [-0.1, -0.05) is 72.5 Å². The van der Waals surface area contributed by atoms with Crippen molar-refractivity contribution in [3.8, 4) is 11.5 Å². The van der Waals surface area contributed by atoms with Gasteiger partial charge >= 0.3 is 5.97 Å². The third-order valence-electron chi connectivity index (χ3n) is 5.42. The molecule has 0 atom stereocenters. The summed E-state index contributed by atoms with van der Waals surface area (Å²) < 4.78 is 35.7. The van der Waals surface area contributed by atoms with Crippen LogP contribution in [0.1, 0.15) is 16.7 Å². The van der Waals surface area contributed by atoms with E-state index in [4.69, 9.17) is 26.8 Å². The quantitative estimate of drug-likeness (QED) is 0.278. The van der Waals surface area contributed by atoms with Gasteiger partial charge in [-0.2, -0.15) is 0 Å². The summed E-state index contributed by atoms with van der Waals surface area (Å²) in [6.45, 7) is -0.0376. The molecule has 0 aromatic heterocycles. The maximum atomic E-state index is 12.7. The van der Waals surface area contributed by atoms with E-state index in [1.54, 1.807) is 36.4 Å². The van der Waals surface area contributed by atoms with E-state index in [1.165, 1.54) is 12.1 Å². The molecular formula is C27H23NO7S3. The Labute approximate surface area is 229 Å². The van der Waals surface area contributed by atoms with Crippen LogP contribution in [0.25, 0.3) is 6.08 Å². The number of carbonyl (C=O) groups is 2. The van der Waals surface area contributed by atoms with Crippen LogP contribution in [-0.4, -0.2) is 47.4 Å². The van der Waals surface area contributed by atoms with Gasteiger partial charge < -0.3 is 14.6 Å². The molecule has 0 bridgehead atoms. The highest BCUT2D eigenvalue weighted by Crippen LogP contribution is 2.35. The molecule has 4 rings (SSSR count). The Morgan fingerprint density at radius 3 is 2.24 bits per heavy atom. The molecule has 0 radical (unpaired) electrons. The minimum Gasteiger partial charge on any atom is -0.485 e. The van der Waals surface area contributed by atoms with E-state index in [0.717, 1.165) is 34.0 Å². The monoisotopic (exact) mass is 569 g/mol. The number of ether oxygens (including phenoxy) is 2. The van der Waals surface area contributed by atoms with Gasteiger partial charge in [0.2, 0.25) is 0 Å². The van der Waals surface area contributed by atoms with Crippen molar-refractivity contribution in [2.75, 3.05) is 12.8 Å². The molecule has 8 nitrogen and oxygen atoms in total. The molecule has 1 aliphatic heterocycles. The number of nitrogens with zero attached hydrogens (tertiary/aromatic N) is 1. The number of carboxylic acids is 1. The lowest BCUT2D eigenvalue weighted by Gasteiger charge is -2.14. The van der Waals surface area contributed by atoms with Crippen molar-refractivity contribution in [2.45, 2.75) is 18.1 Å². The minimum atomic E-state index is -3.31. The number of thiocarbonyl (C=S) groups is 1. The summed E-state index contributed by atoms with van der Waals surface area (Å²) in [4.78, 5) is 25.3. The molecule has 1 heterocycles. The van der Waals surface area contributed by atoms with Crippen LogP contribution in [-0.2, 0) is 32.6 Å². The summed E-state index contributed by atoms with van der Waals surface area (Å²) in [5.74, 6) is -0.719. The van der Waals surface area contributed by atoms with E-state index < -0.39 is 28.3 Å². The van der Waals surface area contributed by atoms with Gasteiger partial charge in [0, 0.05) is 6.26 Å². The highest BCUT2D eigenvalue weighted by Gasteiger charge is 2.33. The van der Waals surface area contributed by atoms with Crippen LogP contribution in [0, 0.1) is 0 Å². The molecule has 0 spiro atoms. The fraction of sp³-hybridized carbons (Fsp3) is 0.148. The zero-order valence-corrected chi connectivity index (χ0v) is 22.6. The number of rotatable bonds is 10. The van der Waals surface area contributed by atoms with Crippen LogP contribution < -0.4 is 9.47 Å². The minimum absolute atomic E-state index is 0.149. The number of aliphatic carboxylic acids is 1. The summed E-state index contributed by atoms with van der Waals surface area (Å²) in [5.41, 5.74) is 2.36. The third kappa shape index (κ3) is 7.00. The molecule has 196 valence electrons. The average molecular weight is 570 g/mol. The first-order valence-electron chi connectivity index (χ1n) is 11.3. The lowest BCUT2D eigenvalue weighted by atomic mass is 10.1. The lowest BCUT2D eigenvalue weighted by molar-refractivity contribution is -0.140. The zero-order chi connectivity index (χ0) is 27.3. The number of thioether (sulfide) groups is 1. The van der Waals surface area contributed by atoms with E-state index in [0.29, 0.717) is 28.6 Å². The first-order chi connectivity index (χ1) is 18.1. The van der Waals surface area contributed by atoms with Crippen LogP contribution in [0.3, 0.4) is 0 Å². The smallest absolute Gasteiger partial charge is 0.323 e. The zero-order valence-electron chi connectivity index (χ0n) is 20.2. The largest absolute Gasteiger partial charge is 0.485 e. The van der Waals surface area contributed by atoms with Crippen molar-refractivity contribution in [2.24, 2.45) is 0 Å². The van der Waals surface area contributed by atoms with Crippen LogP contribution >= 0.6 is 24.0 Å². The summed E-state index contributed by atoms with van der Waals surface area (Å²) >= 11 is 6.20. The van der Waals surface area contributed by atoms with E-state index >= 15 is 0 Å². The Morgan fingerprint density at radius 2 is 1.61 bits per heavy atom. The average Bonchev–Trinajstić information content (AvgIpc) is 3.14. The standard InChI is InChI=1S/C27H23NO7S3/c1-38(32,33)21-10-7-19(8-11-21)17-35-23-13-20(9-12-22(23)34-16-18-5-3-2-4-6-18)14-24-26(31)28(15-25(29)30)27(36)37-24/h2-14H,15-17H2,1H3,(H,29,30). The maximum Gasteiger partial charge on any atom is 0.323 e. The number of sulfone groups is 1. The van der Waals surface area contributed by atoms with Crippen molar-refractivity contribution in [1.29, 1.82) is 0 Å². The van der Waals surface area contributed by atoms with Crippen LogP contribution in [0.2, 0.25) is 0 Å². The molecule has 0 aliphatic carbocycles. The molecule has 1 amide bonds. The molecule has 3 aromatic carbocycles. The maximum absolute atomic E-state index is 12.7. The second-order valence-electron chi connectivity index (χ2n) is 8.35. The molecule has 1 aliphatic rings. The first-order valence-corrected chi connectivity index (χ1v) is 14.4. The predicted molar refractivity (Wildman–Crippen MR) is 149 cm³/mol. The Morgan fingerprint density at radius 1 is 0.974 bits per heavy atom. The summed E-state index contributed by atoms with van der Waals surface area (Å²) in [7, 11) is -3.31. The molecule has 1 fully saturated rings. The molecule has 1 N–H and O–H groups in total. The lowest BCUT2D eigenvalue weighted by Crippen LogP contribution is -2.33. The number of carboxylic acid groups (broad SMARTS) is 1. The summed E-state index contributed by atoms with van der Waals surface area (Å²) in [6, 6.07) is 21.3. The van der Waals surface area contributed by atoms with E-state index in [-0.39, 0.29) is 15.8 Å².